The zero-order valence-electron chi connectivity index (χ0n) is 43.4. The van der Waals surface area contributed by atoms with Gasteiger partial charge in [-0.2, -0.15) is 0 Å². The van der Waals surface area contributed by atoms with Crippen LogP contribution in [0.4, 0.5) is 51.2 Å². The quantitative estimate of drug-likeness (QED) is 0.114. The van der Waals surface area contributed by atoms with Crippen molar-refractivity contribution in [2.45, 2.75) is 92.4 Å². The highest BCUT2D eigenvalue weighted by atomic mass is 15.2. The number of benzene rings is 9. The fourth-order valence-corrected chi connectivity index (χ4v) is 9.35. The highest BCUT2D eigenvalue weighted by Crippen LogP contribution is 2.41. The predicted molar refractivity (Wildman–Crippen MR) is 307 cm³/mol. The molecule has 0 N–H and O–H groups in total. The fraction of sp³-hybridized carbons (Fsp3) is 0.206. The Hall–Kier alpha value is -7.62. The molecule has 71 heavy (non-hydrogen) atoms. The molecule has 3 heteroatoms. The van der Waals surface area contributed by atoms with E-state index in [1.807, 2.05) is 0 Å². The lowest BCUT2D eigenvalue weighted by Crippen LogP contribution is -2.13. The van der Waals surface area contributed by atoms with Gasteiger partial charge >= 0.3 is 0 Å². The molecule has 0 saturated carbocycles. The summed E-state index contributed by atoms with van der Waals surface area (Å²) in [5.41, 5.74) is 21.5. The molecule has 9 rings (SSSR count). The molecular weight excluding hydrogens is 859 g/mol. The second-order valence-corrected chi connectivity index (χ2v) is 21.4. The monoisotopic (exact) mass is 928 g/mol. The molecule has 1 atom stereocenters. The van der Waals surface area contributed by atoms with E-state index >= 15 is 0 Å². The van der Waals surface area contributed by atoms with Crippen LogP contribution in [0.2, 0.25) is 0 Å². The van der Waals surface area contributed by atoms with Crippen molar-refractivity contribution in [2.75, 3.05) is 14.7 Å². The van der Waals surface area contributed by atoms with Gasteiger partial charge in [0.15, 0.2) is 0 Å². The standard InChI is InChI=1S/C68H69N3/c1-11-50(4)51-16-34-60(35-17-51)71(63-40-22-54(23-41-63)52-18-36-61(37-19-52)69(58-30-12-48(2)13-31-58)65-44-26-56(27-45-65)67(5,6)7)64-42-24-55(25-43-64)53-20-38-62(39-21-53)70(59-32-14-49(3)15-33-59)66-46-28-57(29-47-66)68(8,9)10/h12-47,50H,11H2,1-10H3. The minimum absolute atomic E-state index is 0.0886. The summed E-state index contributed by atoms with van der Waals surface area (Å²) >= 11 is 0. The van der Waals surface area contributed by atoms with Gasteiger partial charge in [0.05, 0.1) is 0 Å². The van der Waals surface area contributed by atoms with E-state index in [2.05, 4.69) is 302 Å². The molecule has 0 amide bonds. The molecule has 9 aromatic carbocycles. The molecular formula is C68H69N3. The van der Waals surface area contributed by atoms with Gasteiger partial charge in [-0.1, -0.05) is 176 Å². The number of hydrogen-bond acceptors (Lipinski definition) is 3. The Morgan fingerprint density at radius 3 is 0.704 bits per heavy atom. The third-order valence-corrected chi connectivity index (χ3v) is 14.1. The van der Waals surface area contributed by atoms with E-state index in [1.165, 1.54) is 50.1 Å². The number of rotatable bonds is 13. The van der Waals surface area contributed by atoms with Crippen molar-refractivity contribution in [3.63, 3.8) is 0 Å². The zero-order chi connectivity index (χ0) is 49.9. The van der Waals surface area contributed by atoms with Crippen molar-refractivity contribution in [3.8, 4) is 22.3 Å². The number of aryl methyl sites for hydroxylation is 2. The van der Waals surface area contributed by atoms with Crippen LogP contribution in [0.3, 0.4) is 0 Å². The van der Waals surface area contributed by atoms with Crippen LogP contribution in [-0.2, 0) is 10.8 Å². The predicted octanol–water partition coefficient (Wildman–Crippen LogP) is 20.2. The average molecular weight is 928 g/mol. The largest absolute Gasteiger partial charge is 0.311 e. The van der Waals surface area contributed by atoms with Crippen LogP contribution in [0.15, 0.2) is 218 Å². The first-order valence-corrected chi connectivity index (χ1v) is 25.4. The van der Waals surface area contributed by atoms with Gasteiger partial charge in [0.1, 0.15) is 0 Å². The summed E-state index contributed by atoms with van der Waals surface area (Å²) in [6.07, 6.45) is 1.11. The average Bonchev–Trinajstić information content (AvgIpc) is 3.38. The van der Waals surface area contributed by atoms with Gasteiger partial charge in [0.25, 0.3) is 0 Å². The van der Waals surface area contributed by atoms with Crippen molar-refractivity contribution in [2.24, 2.45) is 0 Å². The lowest BCUT2D eigenvalue weighted by atomic mass is 9.87. The van der Waals surface area contributed by atoms with E-state index in [0.29, 0.717) is 5.92 Å². The molecule has 0 aliphatic heterocycles. The second kappa shape index (κ2) is 20.4. The zero-order valence-corrected chi connectivity index (χ0v) is 43.4. The summed E-state index contributed by atoms with van der Waals surface area (Å²) in [5, 5.41) is 0. The number of hydrogen-bond donors (Lipinski definition) is 0. The highest BCUT2D eigenvalue weighted by Gasteiger charge is 2.20. The molecule has 0 saturated heterocycles. The highest BCUT2D eigenvalue weighted by molar-refractivity contribution is 5.83. The van der Waals surface area contributed by atoms with E-state index in [-0.39, 0.29) is 10.8 Å². The van der Waals surface area contributed by atoms with Gasteiger partial charge < -0.3 is 14.7 Å². The molecule has 1 unspecified atom stereocenters. The maximum absolute atomic E-state index is 2.37. The van der Waals surface area contributed by atoms with Crippen molar-refractivity contribution in [1.82, 2.24) is 0 Å². The molecule has 0 aromatic heterocycles. The van der Waals surface area contributed by atoms with Crippen molar-refractivity contribution in [1.29, 1.82) is 0 Å². The summed E-state index contributed by atoms with van der Waals surface area (Å²) in [4.78, 5) is 7.06. The van der Waals surface area contributed by atoms with E-state index in [9.17, 15) is 0 Å². The first-order valence-electron chi connectivity index (χ1n) is 25.4. The van der Waals surface area contributed by atoms with E-state index in [4.69, 9.17) is 0 Å². The lowest BCUT2D eigenvalue weighted by Gasteiger charge is -2.27. The van der Waals surface area contributed by atoms with Crippen LogP contribution in [0, 0.1) is 13.8 Å². The van der Waals surface area contributed by atoms with Crippen molar-refractivity contribution in [3.05, 3.63) is 246 Å². The molecule has 0 heterocycles. The lowest BCUT2D eigenvalue weighted by molar-refractivity contribution is 0.590. The Balaban J connectivity index is 0.995. The Kier molecular flexibility index (Phi) is 13.9. The Morgan fingerprint density at radius 1 is 0.296 bits per heavy atom. The third-order valence-electron chi connectivity index (χ3n) is 14.1. The van der Waals surface area contributed by atoms with Gasteiger partial charge in [0, 0.05) is 51.2 Å². The number of anilines is 9. The van der Waals surface area contributed by atoms with E-state index < -0.39 is 0 Å². The first kappa shape index (κ1) is 48.4. The van der Waals surface area contributed by atoms with Crippen LogP contribution in [0.5, 0.6) is 0 Å². The van der Waals surface area contributed by atoms with Crippen molar-refractivity contribution < 1.29 is 0 Å². The minimum Gasteiger partial charge on any atom is -0.311 e. The Labute approximate surface area is 424 Å². The molecule has 356 valence electrons. The molecule has 0 spiro atoms. The van der Waals surface area contributed by atoms with Crippen molar-refractivity contribution >= 4 is 51.2 Å². The molecule has 0 bridgehead atoms. The first-order chi connectivity index (χ1) is 34.1. The van der Waals surface area contributed by atoms with Gasteiger partial charge in [-0.25, -0.2) is 0 Å². The molecule has 0 aliphatic carbocycles. The van der Waals surface area contributed by atoms with Crippen LogP contribution in [-0.4, -0.2) is 0 Å². The SMILES string of the molecule is CCC(C)c1ccc(N(c2ccc(-c3ccc(N(c4ccc(C)cc4)c4ccc(C(C)(C)C)cc4)cc3)cc2)c2ccc(-c3ccc(N(c4ccc(C)cc4)c4ccc(C(C)(C)C)cc4)cc3)cc2)cc1. The topological polar surface area (TPSA) is 9.72 Å². The Morgan fingerprint density at radius 2 is 0.493 bits per heavy atom. The summed E-state index contributed by atoms with van der Waals surface area (Å²) < 4.78 is 0. The molecule has 0 aliphatic rings. The molecule has 0 fully saturated rings. The van der Waals surface area contributed by atoms with Crippen LogP contribution < -0.4 is 14.7 Å². The maximum Gasteiger partial charge on any atom is 0.0462 e. The van der Waals surface area contributed by atoms with Gasteiger partial charge in [-0.15, -0.1) is 0 Å². The van der Waals surface area contributed by atoms with Crippen LogP contribution in [0.25, 0.3) is 22.3 Å². The van der Waals surface area contributed by atoms with Crippen LogP contribution >= 0.6 is 0 Å². The smallest absolute Gasteiger partial charge is 0.0462 e. The van der Waals surface area contributed by atoms with E-state index in [1.54, 1.807) is 0 Å². The van der Waals surface area contributed by atoms with Gasteiger partial charge in [0.2, 0.25) is 0 Å². The summed E-state index contributed by atoms with van der Waals surface area (Å²) in [6.45, 7) is 22.4. The molecule has 9 aromatic rings. The maximum atomic E-state index is 2.37. The summed E-state index contributed by atoms with van der Waals surface area (Å²) in [6, 6.07) is 80.7. The van der Waals surface area contributed by atoms with Crippen LogP contribution in [0.1, 0.15) is 95.5 Å². The Bertz CT molecular complexity index is 2940. The molecule has 0 radical (unpaired) electrons. The summed E-state index contributed by atoms with van der Waals surface area (Å²) in [5.74, 6) is 0.504. The van der Waals surface area contributed by atoms with Gasteiger partial charge in [-0.05, 0) is 185 Å². The third kappa shape index (κ3) is 10.9. The van der Waals surface area contributed by atoms with E-state index in [0.717, 1.165) is 57.6 Å². The number of nitrogens with zero attached hydrogens (tertiary/aromatic N) is 3. The van der Waals surface area contributed by atoms with Gasteiger partial charge in [-0.3, -0.25) is 0 Å². The normalized spacial score (nSPS) is 12.1. The second-order valence-electron chi connectivity index (χ2n) is 21.4. The minimum atomic E-state index is 0.0886. The molecule has 3 nitrogen and oxygen atoms in total. The fourth-order valence-electron chi connectivity index (χ4n) is 9.35. The summed E-state index contributed by atoms with van der Waals surface area (Å²) in [7, 11) is 0.